The smallest absolute Gasteiger partial charge is 0.111 e. The van der Waals surface area contributed by atoms with Crippen LogP contribution in [0, 0.1) is 12.8 Å². The molecule has 3 rings (SSSR count). The molecule has 0 amide bonds. The van der Waals surface area contributed by atoms with Gasteiger partial charge in [0.2, 0.25) is 0 Å². The van der Waals surface area contributed by atoms with Gasteiger partial charge in [0.05, 0.1) is 11.0 Å². The quantitative estimate of drug-likeness (QED) is 0.797. The number of imidazole rings is 1. The lowest BCUT2D eigenvalue weighted by atomic mass is 10.1. The highest BCUT2D eigenvalue weighted by atomic mass is 35.5. The molecule has 2 nitrogen and oxygen atoms in total. The molecule has 1 aromatic carbocycles. The van der Waals surface area contributed by atoms with Crippen molar-refractivity contribution in [3.8, 4) is 0 Å². The molecule has 0 bridgehead atoms. The van der Waals surface area contributed by atoms with Crippen LogP contribution in [0.5, 0.6) is 0 Å². The monoisotopic (exact) mass is 294 g/mol. The van der Waals surface area contributed by atoms with Crippen molar-refractivity contribution in [2.24, 2.45) is 5.92 Å². The molecule has 4 heteroatoms. The van der Waals surface area contributed by atoms with Gasteiger partial charge in [-0.3, -0.25) is 0 Å². The molecule has 102 valence electrons. The van der Waals surface area contributed by atoms with E-state index in [2.05, 4.69) is 41.5 Å². The summed E-state index contributed by atoms with van der Waals surface area (Å²) in [5, 5.41) is 0. The van der Waals surface area contributed by atoms with Crippen molar-refractivity contribution in [3.63, 3.8) is 0 Å². The minimum atomic E-state index is 0.641. The van der Waals surface area contributed by atoms with Gasteiger partial charge in [0.25, 0.3) is 0 Å². The van der Waals surface area contributed by atoms with Crippen molar-refractivity contribution in [3.05, 3.63) is 29.6 Å². The maximum absolute atomic E-state index is 5.93. The molecule has 1 aliphatic rings. The number of rotatable bonds is 4. The van der Waals surface area contributed by atoms with Crippen LogP contribution in [0.1, 0.15) is 17.8 Å². The molecule has 1 aromatic heterocycles. The average molecular weight is 295 g/mol. The second-order valence-corrected chi connectivity index (χ2v) is 6.83. The number of aryl methyl sites for hydroxylation is 2. The van der Waals surface area contributed by atoms with Gasteiger partial charge < -0.3 is 4.57 Å². The number of fused-ring (bicyclic) bond motifs is 1. The van der Waals surface area contributed by atoms with Gasteiger partial charge in [-0.1, -0.05) is 6.07 Å². The molecule has 19 heavy (non-hydrogen) atoms. The Morgan fingerprint density at radius 1 is 1.47 bits per heavy atom. The van der Waals surface area contributed by atoms with Crippen LogP contribution in [0.15, 0.2) is 18.2 Å². The van der Waals surface area contributed by atoms with Gasteiger partial charge in [0.1, 0.15) is 5.82 Å². The summed E-state index contributed by atoms with van der Waals surface area (Å²) in [4.78, 5) is 4.78. The van der Waals surface area contributed by atoms with E-state index in [4.69, 9.17) is 16.6 Å². The van der Waals surface area contributed by atoms with Gasteiger partial charge in [-0.15, -0.1) is 11.6 Å². The van der Waals surface area contributed by atoms with Crippen molar-refractivity contribution in [1.29, 1.82) is 0 Å². The third kappa shape index (κ3) is 2.77. The zero-order valence-corrected chi connectivity index (χ0v) is 12.8. The van der Waals surface area contributed by atoms with Gasteiger partial charge in [0, 0.05) is 18.8 Å². The first-order valence-corrected chi connectivity index (χ1v) is 8.56. The number of hydrogen-bond donors (Lipinski definition) is 0. The minimum absolute atomic E-state index is 0.641. The second kappa shape index (κ2) is 5.76. The summed E-state index contributed by atoms with van der Waals surface area (Å²) in [7, 11) is 0. The Labute approximate surface area is 123 Å². The number of halogens is 1. The molecular formula is C15H19ClN2S. The summed E-state index contributed by atoms with van der Waals surface area (Å²) < 4.78 is 2.40. The molecular weight excluding hydrogens is 276 g/mol. The fourth-order valence-electron chi connectivity index (χ4n) is 2.75. The standard InChI is InChI=1S/C15H19ClN2S/c1-11-2-3-14-13(8-11)17-15(4-6-16)18(14)9-12-5-7-19-10-12/h2-3,8,12H,4-7,9-10H2,1H3. The van der Waals surface area contributed by atoms with Crippen LogP contribution in [0.25, 0.3) is 11.0 Å². The highest BCUT2D eigenvalue weighted by Crippen LogP contribution is 2.27. The molecule has 0 radical (unpaired) electrons. The molecule has 0 N–H and O–H groups in total. The highest BCUT2D eigenvalue weighted by Gasteiger charge is 2.19. The summed E-state index contributed by atoms with van der Waals surface area (Å²) in [5.74, 6) is 5.17. The van der Waals surface area contributed by atoms with E-state index in [1.54, 1.807) is 0 Å². The van der Waals surface area contributed by atoms with Crippen molar-refractivity contribution < 1.29 is 0 Å². The molecule has 2 heterocycles. The summed E-state index contributed by atoms with van der Waals surface area (Å²) in [6, 6.07) is 6.55. The molecule has 2 aromatic rings. The van der Waals surface area contributed by atoms with Crippen molar-refractivity contribution in [2.75, 3.05) is 17.4 Å². The summed E-state index contributed by atoms with van der Waals surface area (Å²) in [6.07, 6.45) is 2.19. The Balaban J connectivity index is 2.00. The summed E-state index contributed by atoms with van der Waals surface area (Å²) >= 11 is 8.00. The number of hydrogen-bond acceptors (Lipinski definition) is 2. The minimum Gasteiger partial charge on any atom is -0.328 e. The number of nitrogens with zero attached hydrogens (tertiary/aromatic N) is 2. The number of alkyl halides is 1. The lowest BCUT2D eigenvalue weighted by Crippen LogP contribution is -2.13. The Morgan fingerprint density at radius 3 is 3.11 bits per heavy atom. The fourth-order valence-corrected chi connectivity index (χ4v) is 4.20. The van der Waals surface area contributed by atoms with Gasteiger partial charge >= 0.3 is 0 Å². The Bertz CT molecular complexity index is 573. The average Bonchev–Trinajstić information content (AvgIpc) is 2.99. The molecule has 0 saturated carbocycles. The topological polar surface area (TPSA) is 17.8 Å². The van der Waals surface area contributed by atoms with Crippen LogP contribution in [-0.4, -0.2) is 26.9 Å². The molecule has 0 aliphatic carbocycles. The first-order chi connectivity index (χ1) is 9.28. The summed E-state index contributed by atoms with van der Waals surface area (Å²) in [5.41, 5.74) is 3.65. The fraction of sp³-hybridized carbons (Fsp3) is 0.533. The second-order valence-electron chi connectivity index (χ2n) is 5.30. The van der Waals surface area contributed by atoms with Gasteiger partial charge in [-0.05, 0) is 48.5 Å². The van der Waals surface area contributed by atoms with E-state index in [1.165, 1.54) is 29.0 Å². The Kier molecular flexibility index (Phi) is 4.04. The molecule has 1 saturated heterocycles. The van der Waals surface area contributed by atoms with Crippen LogP contribution >= 0.6 is 23.4 Å². The largest absolute Gasteiger partial charge is 0.328 e. The van der Waals surface area contributed by atoms with E-state index in [0.717, 1.165) is 30.2 Å². The number of aromatic nitrogens is 2. The zero-order valence-electron chi connectivity index (χ0n) is 11.2. The van der Waals surface area contributed by atoms with E-state index in [9.17, 15) is 0 Å². The van der Waals surface area contributed by atoms with Crippen LogP contribution in [0.4, 0.5) is 0 Å². The third-order valence-corrected chi connectivity index (χ3v) is 5.19. The van der Waals surface area contributed by atoms with Gasteiger partial charge in [0.15, 0.2) is 0 Å². The maximum Gasteiger partial charge on any atom is 0.111 e. The van der Waals surface area contributed by atoms with E-state index < -0.39 is 0 Å². The normalized spacial score (nSPS) is 19.4. The molecule has 1 fully saturated rings. The maximum atomic E-state index is 5.93. The van der Waals surface area contributed by atoms with E-state index >= 15 is 0 Å². The molecule has 1 aliphatic heterocycles. The molecule has 0 spiro atoms. The first kappa shape index (κ1) is 13.3. The van der Waals surface area contributed by atoms with Gasteiger partial charge in [-0.2, -0.15) is 11.8 Å². The molecule has 1 unspecified atom stereocenters. The van der Waals surface area contributed by atoms with E-state index in [0.29, 0.717) is 5.88 Å². The van der Waals surface area contributed by atoms with E-state index in [-0.39, 0.29) is 0 Å². The Morgan fingerprint density at radius 2 is 2.37 bits per heavy atom. The lowest BCUT2D eigenvalue weighted by molar-refractivity contribution is 0.490. The van der Waals surface area contributed by atoms with Crippen LogP contribution in [0.2, 0.25) is 0 Å². The van der Waals surface area contributed by atoms with Crippen molar-refractivity contribution in [2.45, 2.75) is 26.3 Å². The van der Waals surface area contributed by atoms with Crippen LogP contribution < -0.4 is 0 Å². The van der Waals surface area contributed by atoms with Gasteiger partial charge in [-0.25, -0.2) is 4.98 Å². The SMILES string of the molecule is Cc1ccc2c(c1)nc(CCCl)n2CC1CCSC1. The third-order valence-electron chi connectivity index (χ3n) is 3.77. The molecule has 1 atom stereocenters. The van der Waals surface area contributed by atoms with Crippen molar-refractivity contribution >= 4 is 34.4 Å². The van der Waals surface area contributed by atoms with Crippen LogP contribution in [-0.2, 0) is 13.0 Å². The van der Waals surface area contributed by atoms with Crippen LogP contribution in [0.3, 0.4) is 0 Å². The summed E-state index contributed by atoms with van der Waals surface area (Å²) in [6.45, 7) is 3.21. The zero-order chi connectivity index (χ0) is 13.2. The van der Waals surface area contributed by atoms with Crippen molar-refractivity contribution in [1.82, 2.24) is 9.55 Å². The number of thioether (sulfide) groups is 1. The Hall–Kier alpha value is -0.670. The lowest BCUT2D eigenvalue weighted by Gasteiger charge is -2.13. The first-order valence-electron chi connectivity index (χ1n) is 6.87. The number of benzene rings is 1. The highest BCUT2D eigenvalue weighted by molar-refractivity contribution is 7.99. The predicted octanol–water partition coefficient (Wildman–Crippen LogP) is 3.88. The van der Waals surface area contributed by atoms with E-state index in [1.807, 2.05) is 0 Å². The predicted molar refractivity (Wildman–Crippen MR) is 84.3 cm³/mol.